The third-order valence-electron chi connectivity index (χ3n) is 0.945. The lowest BCUT2D eigenvalue weighted by molar-refractivity contribution is 0.776. The van der Waals surface area contributed by atoms with Gasteiger partial charge in [0.25, 0.3) is 0 Å². The summed E-state index contributed by atoms with van der Waals surface area (Å²) in [6.07, 6.45) is 0. The van der Waals surface area contributed by atoms with Gasteiger partial charge in [0.05, 0.1) is 9.98 Å². The maximum Gasteiger partial charge on any atom is 0.0793 e. The predicted octanol–water partition coefficient (Wildman–Crippen LogP) is 1.61. The molecule has 8 heavy (non-hydrogen) atoms. The Labute approximate surface area is 60.7 Å². The molecular formula is C5H9NS2. The van der Waals surface area contributed by atoms with Crippen molar-refractivity contribution in [3.8, 4) is 0 Å². The van der Waals surface area contributed by atoms with E-state index in [4.69, 9.17) is 24.4 Å². The Balaban J connectivity index is 3.83. The predicted molar refractivity (Wildman–Crippen MR) is 44.3 cm³/mol. The standard InChI is InChI=1S/C5H9NS2/c1-4(7)6(3)5(2)8/h1-3H3. The van der Waals surface area contributed by atoms with Gasteiger partial charge in [-0.05, 0) is 13.8 Å². The topological polar surface area (TPSA) is 3.24 Å². The number of hydrogen-bond donors (Lipinski definition) is 0. The molecule has 0 rings (SSSR count). The molecule has 0 fully saturated rings. The fraction of sp³-hybridized carbons (Fsp3) is 0.600. The number of thiocarbonyl (C=S) groups is 2. The third kappa shape index (κ3) is 2.33. The fourth-order valence-corrected chi connectivity index (χ4v) is 0.553. The highest BCUT2D eigenvalue weighted by Crippen LogP contribution is 1.88. The average molecular weight is 147 g/mol. The SMILES string of the molecule is CC(=S)N(C)C(C)=S. The molecule has 0 heterocycles. The second-order valence-corrected chi connectivity index (χ2v) is 2.78. The Kier molecular flexibility index (Phi) is 3.09. The van der Waals surface area contributed by atoms with Crippen molar-refractivity contribution in [1.82, 2.24) is 4.90 Å². The molecule has 0 aliphatic carbocycles. The van der Waals surface area contributed by atoms with Crippen LogP contribution in [0.5, 0.6) is 0 Å². The molecule has 46 valence electrons. The lowest BCUT2D eigenvalue weighted by atomic mass is 10.6. The highest BCUT2D eigenvalue weighted by atomic mass is 32.1. The van der Waals surface area contributed by atoms with Crippen molar-refractivity contribution >= 4 is 34.4 Å². The summed E-state index contributed by atoms with van der Waals surface area (Å²) in [5.74, 6) is 0. The molecule has 0 saturated heterocycles. The molecule has 0 aromatic rings. The van der Waals surface area contributed by atoms with Crippen molar-refractivity contribution in [2.45, 2.75) is 13.8 Å². The van der Waals surface area contributed by atoms with Gasteiger partial charge in [-0.25, -0.2) is 0 Å². The maximum absolute atomic E-state index is 4.83. The minimum absolute atomic E-state index is 0.817. The molecule has 0 amide bonds. The largest absolute Gasteiger partial charge is 0.334 e. The van der Waals surface area contributed by atoms with Crippen molar-refractivity contribution in [3.05, 3.63) is 0 Å². The van der Waals surface area contributed by atoms with E-state index in [2.05, 4.69) is 0 Å². The first-order chi connectivity index (χ1) is 3.55. The van der Waals surface area contributed by atoms with Crippen LogP contribution in [0.4, 0.5) is 0 Å². The van der Waals surface area contributed by atoms with Crippen LogP contribution in [0.1, 0.15) is 13.8 Å². The summed E-state index contributed by atoms with van der Waals surface area (Å²) in [6, 6.07) is 0. The van der Waals surface area contributed by atoms with Crippen molar-refractivity contribution in [2.24, 2.45) is 0 Å². The Morgan fingerprint density at radius 1 is 1.12 bits per heavy atom. The molecule has 0 aromatic carbocycles. The Bertz CT molecular complexity index is 106. The molecule has 0 atom stereocenters. The molecule has 0 aromatic heterocycles. The second kappa shape index (κ2) is 3.10. The first-order valence-corrected chi connectivity index (χ1v) is 3.12. The first-order valence-electron chi connectivity index (χ1n) is 2.30. The van der Waals surface area contributed by atoms with Crippen LogP contribution in [0, 0.1) is 0 Å². The maximum atomic E-state index is 4.83. The summed E-state index contributed by atoms with van der Waals surface area (Å²) < 4.78 is 0. The zero-order valence-electron chi connectivity index (χ0n) is 5.26. The minimum atomic E-state index is 0.817. The average Bonchev–Trinajstić information content (AvgIpc) is 1.64. The van der Waals surface area contributed by atoms with Crippen LogP contribution in [0.2, 0.25) is 0 Å². The van der Waals surface area contributed by atoms with E-state index in [1.54, 1.807) is 4.90 Å². The van der Waals surface area contributed by atoms with Gasteiger partial charge in [0.1, 0.15) is 0 Å². The summed E-state index contributed by atoms with van der Waals surface area (Å²) in [4.78, 5) is 3.43. The summed E-state index contributed by atoms with van der Waals surface area (Å²) in [5.41, 5.74) is 0. The molecule has 0 aliphatic heterocycles. The summed E-state index contributed by atoms with van der Waals surface area (Å²) in [7, 11) is 1.87. The summed E-state index contributed by atoms with van der Waals surface area (Å²) >= 11 is 9.67. The molecule has 1 nitrogen and oxygen atoms in total. The highest BCUT2D eigenvalue weighted by Gasteiger charge is 1.96. The molecular weight excluding hydrogens is 138 g/mol. The molecule has 0 saturated carbocycles. The van der Waals surface area contributed by atoms with E-state index in [1.807, 2.05) is 20.9 Å². The van der Waals surface area contributed by atoms with Gasteiger partial charge in [0.15, 0.2) is 0 Å². The van der Waals surface area contributed by atoms with Crippen molar-refractivity contribution in [1.29, 1.82) is 0 Å². The summed E-state index contributed by atoms with van der Waals surface area (Å²) in [5, 5.41) is 0. The number of hydrogen-bond acceptors (Lipinski definition) is 2. The molecule has 0 spiro atoms. The monoisotopic (exact) mass is 147 g/mol. The fourth-order valence-electron chi connectivity index (χ4n) is 0.222. The minimum Gasteiger partial charge on any atom is -0.334 e. The van der Waals surface area contributed by atoms with Crippen LogP contribution in [0.3, 0.4) is 0 Å². The Hall–Kier alpha value is -0.0200. The Morgan fingerprint density at radius 3 is 1.38 bits per heavy atom. The van der Waals surface area contributed by atoms with Gasteiger partial charge in [0, 0.05) is 7.05 Å². The number of nitrogens with zero attached hydrogens (tertiary/aromatic N) is 1. The molecule has 0 bridgehead atoms. The van der Waals surface area contributed by atoms with Crippen LogP contribution < -0.4 is 0 Å². The zero-order valence-corrected chi connectivity index (χ0v) is 6.90. The van der Waals surface area contributed by atoms with E-state index < -0.39 is 0 Å². The van der Waals surface area contributed by atoms with E-state index in [-0.39, 0.29) is 0 Å². The third-order valence-corrected chi connectivity index (χ3v) is 1.49. The summed E-state index contributed by atoms with van der Waals surface area (Å²) in [6.45, 7) is 3.70. The van der Waals surface area contributed by atoms with Crippen LogP contribution in [0.25, 0.3) is 0 Å². The molecule has 0 aliphatic rings. The first kappa shape index (κ1) is 7.98. The van der Waals surface area contributed by atoms with E-state index in [0.717, 1.165) is 9.98 Å². The van der Waals surface area contributed by atoms with Crippen LogP contribution in [-0.4, -0.2) is 21.9 Å². The van der Waals surface area contributed by atoms with Gasteiger partial charge in [-0.3, -0.25) is 0 Å². The van der Waals surface area contributed by atoms with Crippen molar-refractivity contribution in [2.75, 3.05) is 7.05 Å². The van der Waals surface area contributed by atoms with E-state index in [9.17, 15) is 0 Å². The zero-order chi connectivity index (χ0) is 6.73. The van der Waals surface area contributed by atoms with Crippen molar-refractivity contribution < 1.29 is 0 Å². The van der Waals surface area contributed by atoms with Gasteiger partial charge < -0.3 is 4.90 Å². The van der Waals surface area contributed by atoms with Gasteiger partial charge in [-0.15, -0.1) is 0 Å². The van der Waals surface area contributed by atoms with Gasteiger partial charge >= 0.3 is 0 Å². The molecule has 0 N–H and O–H groups in total. The molecule has 0 radical (unpaired) electrons. The van der Waals surface area contributed by atoms with E-state index in [1.165, 1.54) is 0 Å². The lowest BCUT2D eigenvalue weighted by Gasteiger charge is -2.13. The smallest absolute Gasteiger partial charge is 0.0793 e. The van der Waals surface area contributed by atoms with Crippen LogP contribution >= 0.6 is 24.4 Å². The molecule has 0 unspecified atom stereocenters. The Morgan fingerprint density at radius 2 is 1.38 bits per heavy atom. The second-order valence-electron chi connectivity index (χ2n) is 1.60. The number of rotatable bonds is 0. The van der Waals surface area contributed by atoms with Gasteiger partial charge in [-0.2, -0.15) is 0 Å². The lowest BCUT2D eigenvalue weighted by Crippen LogP contribution is -2.25. The van der Waals surface area contributed by atoms with Crippen LogP contribution in [0.15, 0.2) is 0 Å². The van der Waals surface area contributed by atoms with Crippen molar-refractivity contribution in [3.63, 3.8) is 0 Å². The normalized spacial score (nSPS) is 8.38. The van der Waals surface area contributed by atoms with Gasteiger partial charge in [0.2, 0.25) is 0 Å². The quantitative estimate of drug-likeness (QED) is 0.479. The van der Waals surface area contributed by atoms with E-state index >= 15 is 0 Å². The van der Waals surface area contributed by atoms with E-state index in [0.29, 0.717) is 0 Å². The highest BCUT2D eigenvalue weighted by molar-refractivity contribution is 7.81. The van der Waals surface area contributed by atoms with Crippen LogP contribution in [-0.2, 0) is 0 Å². The molecule has 3 heteroatoms. The van der Waals surface area contributed by atoms with Gasteiger partial charge in [-0.1, -0.05) is 24.4 Å².